The summed E-state index contributed by atoms with van der Waals surface area (Å²) >= 11 is 0. The van der Waals surface area contributed by atoms with E-state index in [0.717, 1.165) is 0 Å². The van der Waals surface area contributed by atoms with Crippen LogP contribution in [0, 0.1) is 5.41 Å². The SMILES string of the molecule is CCOc1ccccc1NC(=O)C1(C(=O)Nc2ccc(C(=O)OC)cc2)CC1. The summed E-state index contributed by atoms with van der Waals surface area (Å²) in [5.41, 5.74) is 0.328. The van der Waals surface area contributed by atoms with Crippen molar-refractivity contribution in [2.24, 2.45) is 5.41 Å². The van der Waals surface area contributed by atoms with Crippen LogP contribution in [0.25, 0.3) is 0 Å². The number of esters is 1. The van der Waals surface area contributed by atoms with E-state index in [1.807, 2.05) is 13.0 Å². The molecule has 0 aliphatic heterocycles. The molecule has 0 atom stereocenters. The van der Waals surface area contributed by atoms with Crippen LogP contribution in [0.5, 0.6) is 5.75 Å². The van der Waals surface area contributed by atoms with Gasteiger partial charge in [0.1, 0.15) is 11.2 Å². The maximum absolute atomic E-state index is 12.8. The standard InChI is InChI=1S/C21H22N2O5/c1-3-28-17-7-5-4-6-16(17)23-20(26)21(12-13-21)19(25)22-15-10-8-14(9-11-15)18(24)27-2/h4-11H,3,12-13H2,1-2H3,(H,22,25)(H,23,26). The normalized spacial score (nSPS) is 13.9. The number of rotatable bonds is 7. The first-order chi connectivity index (χ1) is 13.5. The molecule has 7 heteroatoms. The van der Waals surface area contributed by atoms with Crippen LogP contribution in [0.3, 0.4) is 0 Å². The lowest BCUT2D eigenvalue weighted by Crippen LogP contribution is -2.35. The van der Waals surface area contributed by atoms with Crippen molar-refractivity contribution in [2.75, 3.05) is 24.4 Å². The summed E-state index contributed by atoms with van der Waals surface area (Å²) in [7, 11) is 1.30. The molecule has 0 bridgehead atoms. The van der Waals surface area contributed by atoms with Gasteiger partial charge in [-0.05, 0) is 56.2 Å². The van der Waals surface area contributed by atoms with E-state index in [9.17, 15) is 14.4 Å². The van der Waals surface area contributed by atoms with Gasteiger partial charge in [0, 0.05) is 5.69 Å². The first-order valence-corrected chi connectivity index (χ1v) is 9.03. The highest BCUT2D eigenvalue weighted by Gasteiger charge is 2.56. The van der Waals surface area contributed by atoms with Gasteiger partial charge in [0.15, 0.2) is 0 Å². The fraction of sp³-hybridized carbons (Fsp3) is 0.286. The zero-order valence-electron chi connectivity index (χ0n) is 15.8. The Balaban J connectivity index is 1.68. The molecule has 28 heavy (non-hydrogen) atoms. The van der Waals surface area contributed by atoms with Gasteiger partial charge in [-0.3, -0.25) is 9.59 Å². The van der Waals surface area contributed by atoms with Crippen LogP contribution in [0.1, 0.15) is 30.1 Å². The predicted octanol–water partition coefficient (Wildman–Crippen LogP) is 3.23. The number of hydrogen-bond donors (Lipinski definition) is 2. The number of carbonyl (C=O) groups excluding carboxylic acids is 3. The number of amides is 2. The Morgan fingerprint density at radius 1 is 0.964 bits per heavy atom. The number of ether oxygens (including phenoxy) is 2. The molecule has 7 nitrogen and oxygen atoms in total. The number of carbonyl (C=O) groups is 3. The maximum atomic E-state index is 12.8. The molecule has 2 N–H and O–H groups in total. The van der Waals surface area contributed by atoms with Crippen LogP contribution in [0.15, 0.2) is 48.5 Å². The fourth-order valence-corrected chi connectivity index (χ4v) is 2.83. The third-order valence-electron chi connectivity index (χ3n) is 4.62. The van der Waals surface area contributed by atoms with Gasteiger partial charge in [0.2, 0.25) is 11.8 Å². The van der Waals surface area contributed by atoms with Crippen LogP contribution in [-0.4, -0.2) is 31.5 Å². The molecule has 2 aromatic rings. The van der Waals surface area contributed by atoms with Crippen molar-refractivity contribution in [1.82, 2.24) is 0 Å². The van der Waals surface area contributed by atoms with Crippen LogP contribution in [0.4, 0.5) is 11.4 Å². The van der Waals surface area contributed by atoms with Crippen LogP contribution in [-0.2, 0) is 14.3 Å². The molecule has 3 rings (SSSR count). The van der Waals surface area contributed by atoms with E-state index < -0.39 is 11.4 Å². The van der Waals surface area contributed by atoms with Crippen molar-refractivity contribution in [3.8, 4) is 5.75 Å². The highest BCUT2D eigenvalue weighted by molar-refractivity contribution is 6.17. The van der Waals surface area contributed by atoms with Crippen molar-refractivity contribution >= 4 is 29.2 Å². The van der Waals surface area contributed by atoms with Crippen LogP contribution >= 0.6 is 0 Å². The van der Waals surface area contributed by atoms with Crippen molar-refractivity contribution in [1.29, 1.82) is 0 Å². The molecule has 0 heterocycles. The Bertz CT molecular complexity index is 888. The number of para-hydroxylation sites is 2. The third kappa shape index (κ3) is 3.98. The molecular weight excluding hydrogens is 360 g/mol. The average molecular weight is 382 g/mol. The van der Waals surface area contributed by atoms with Gasteiger partial charge in [-0.1, -0.05) is 12.1 Å². The zero-order chi connectivity index (χ0) is 20.1. The van der Waals surface area contributed by atoms with Crippen LogP contribution < -0.4 is 15.4 Å². The second kappa shape index (κ2) is 8.12. The number of anilines is 2. The summed E-state index contributed by atoms with van der Waals surface area (Å²) in [5.74, 6) is -0.620. The molecule has 0 spiro atoms. The van der Waals surface area contributed by atoms with E-state index in [1.54, 1.807) is 42.5 Å². The molecule has 1 saturated carbocycles. The summed E-state index contributed by atoms with van der Waals surface area (Å²) in [5, 5.41) is 5.56. The lowest BCUT2D eigenvalue weighted by atomic mass is 10.0. The van der Waals surface area contributed by atoms with Crippen molar-refractivity contribution in [2.45, 2.75) is 19.8 Å². The summed E-state index contributed by atoms with van der Waals surface area (Å²) in [6.45, 7) is 2.33. The third-order valence-corrected chi connectivity index (χ3v) is 4.62. The molecule has 0 radical (unpaired) electrons. The van der Waals surface area contributed by atoms with Crippen molar-refractivity contribution < 1.29 is 23.9 Å². The largest absolute Gasteiger partial charge is 0.492 e. The molecular formula is C21H22N2O5. The Morgan fingerprint density at radius 3 is 2.21 bits per heavy atom. The van der Waals surface area contributed by atoms with Crippen molar-refractivity contribution in [3.63, 3.8) is 0 Å². The van der Waals surface area contributed by atoms with Gasteiger partial charge in [0.25, 0.3) is 0 Å². The second-order valence-electron chi connectivity index (χ2n) is 6.49. The molecule has 0 unspecified atom stereocenters. The zero-order valence-corrected chi connectivity index (χ0v) is 15.8. The predicted molar refractivity (Wildman–Crippen MR) is 104 cm³/mol. The lowest BCUT2D eigenvalue weighted by Gasteiger charge is -2.17. The Kier molecular flexibility index (Phi) is 5.63. The summed E-state index contributed by atoms with van der Waals surface area (Å²) in [6.07, 6.45) is 0.948. The monoisotopic (exact) mass is 382 g/mol. The first kappa shape index (κ1) is 19.4. The molecule has 1 aliphatic rings. The summed E-state index contributed by atoms with van der Waals surface area (Å²) in [4.78, 5) is 37.0. The van der Waals surface area contributed by atoms with Crippen molar-refractivity contribution in [3.05, 3.63) is 54.1 Å². The van der Waals surface area contributed by atoms with Gasteiger partial charge in [-0.25, -0.2) is 4.79 Å². The van der Waals surface area contributed by atoms with E-state index in [-0.39, 0.29) is 11.8 Å². The van der Waals surface area contributed by atoms with Gasteiger partial charge in [-0.2, -0.15) is 0 Å². The molecule has 1 aliphatic carbocycles. The summed E-state index contributed by atoms with van der Waals surface area (Å²) < 4.78 is 10.2. The highest BCUT2D eigenvalue weighted by atomic mass is 16.5. The van der Waals surface area contributed by atoms with Gasteiger partial charge in [0.05, 0.1) is 25.0 Å². The first-order valence-electron chi connectivity index (χ1n) is 9.03. The molecule has 146 valence electrons. The summed E-state index contributed by atoms with van der Waals surface area (Å²) in [6, 6.07) is 13.4. The maximum Gasteiger partial charge on any atom is 0.337 e. The molecule has 0 saturated heterocycles. The minimum absolute atomic E-state index is 0.358. The number of methoxy groups -OCH3 is 1. The second-order valence-corrected chi connectivity index (χ2v) is 6.49. The minimum atomic E-state index is -1.10. The minimum Gasteiger partial charge on any atom is -0.492 e. The smallest absolute Gasteiger partial charge is 0.337 e. The highest BCUT2D eigenvalue weighted by Crippen LogP contribution is 2.48. The van der Waals surface area contributed by atoms with Gasteiger partial charge in [-0.15, -0.1) is 0 Å². The quantitative estimate of drug-likeness (QED) is 0.566. The number of benzene rings is 2. The number of hydrogen-bond acceptors (Lipinski definition) is 5. The Labute approximate surface area is 163 Å². The number of nitrogens with one attached hydrogen (secondary N) is 2. The average Bonchev–Trinajstić information content (AvgIpc) is 3.52. The topological polar surface area (TPSA) is 93.7 Å². The Hall–Kier alpha value is -3.35. The van der Waals surface area contributed by atoms with E-state index >= 15 is 0 Å². The molecule has 2 aromatic carbocycles. The fourth-order valence-electron chi connectivity index (χ4n) is 2.83. The van der Waals surface area contributed by atoms with Crippen LogP contribution in [0.2, 0.25) is 0 Å². The molecule has 1 fully saturated rings. The lowest BCUT2D eigenvalue weighted by molar-refractivity contribution is -0.131. The van der Waals surface area contributed by atoms with Gasteiger partial charge >= 0.3 is 5.97 Å². The Morgan fingerprint density at radius 2 is 1.61 bits per heavy atom. The van der Waals surface area contributed by atoms with E-state index in [2.05, 4.69) is 15.4 Å². The van der Waals surface area contributed by atoms with Gasteiger partial charge < -0.3 is 20.1 Å². The van der Waals surface area contributed by atoms with E-state index in [1.165, 1.54) is 7.11 Å². The molecule has 0 aromatic heterocycles. The molecule has 2 amide bonds. The van der Waals surface area contributed by atoms with E-state index in [4.69, 9.17) is 4.74 Å². The van der Waals surface area contributed by atoms with E-state index in [0.29, 0.717) is 42.1 Å².